The summed E-state index contributed by atoms with van der Waals surface area (Å²) in [7, 11) is 0. The van der Waals surface area contributed by atoms with E-state index in [2.05, 4.69) is 16.7 Å². The monoisotopic (exact) mass is 180 g/mol. The minimum Gasteiger partial charge on any atom is -0.301 e. The van der Waals surface area contributed by atoms with Crippen molar-refractivity contribution in [1.29, 1.82) is 0 Å². The predicted octanol–water partition coefficient (Wildman–Crippen LogP) is 1.32. The van der Waals surface area contributed by atoms with E-state index in [9.17, 15) is 0 Å². The minimum atomic E-state index is 0.922. The summed E-state index contributed by atoms with van der Waals surface area (Å²) in [6.45, 7) is 6.25. The van der Waals surface area contributed by atoms with Crippen LogP contribution < -0.4 is 0 Å². The molecule has 74 valence electrons. The third kappa shape index (κ3) is 1.31. The van der Waals surface area contributed by atoms with Crippen molar-refractivity contribution >= 4 is 0 Å². The van der Waals surface area contributed by atoms with Gasteiger partial charge in [0.1, 0.15) is 0 Å². The highest BCUT2D eigenvalue weighted by molar-refractivity contribution is 5.02. The van der Waals surface area contributed by atoms with Crippen molar-refractivity contribution in [3.8, 4) is 0 Å². The Hall–Kier alpha value is -0.0800. The topological polar surface area (TPSA) is 6.48 Å². The van der Waals surface area contributed by atoms with Crippen LogP contribution in [-0.2, 0) is 0 Å². The predicted molar refractivity (Wildman–Crippen MR) is 53.8 cm³/mol. The zero-order valence-electron chi connectivity index (χ0n) is 8.58. The average Bonchev–Trinajstić information content (AvgIpc) is 2.95. The molecule has 2 nitrogen and oxygen atoms in total. The summed E-state index contributed by atoms with van der Waals surface area (Å²) in [5.41, 5.74) is 0. The molecular formula is C11H20N2. The molecule has 0 aromatic heterocycles. The normalized spacial score (nSPS) is 41.3. The third-order valence-electron chi connectivity index (χ3n) is 4.03. The summed E-state index contributed by atoms with van der Waals surface area (Å²) in [5, 5.41) is 0. The molecule has 2 unspecified atom stereocenters. The van der Waals surface area contributed by atoms with Gasteiger partial charge in [-0.1, -0.05) is 6.92 Å². The van der Waals surface area contributed by atoms with Crippen molar-refractivity contribution in [2.75, 3.05) is 19.6 Å². The van der Waals surface area contributed by atoms with Crippen LogP contribution in [0.4, 0.5) is 0 Å². The van der Waals surface area contributed by atoms with Crippen LogP contribution in [0.25, 0.3) is 0 Å². The Kier molecular flexibility index (Phi) is 1.88. The van der Waals surface area contributed by atoms with Gasteiger partial charge in [-0.3, -0.25) is 4.90 Å². The van der Waals surface area contributed by atoms with E-state index in [1.807, 2.05) is 0 Å². The summed E-state index contributed by atoms with van der Waals surface area (Å²) >= 11 is 0. The Balaban J connectivity index is 1.73. The molecule has 13 heavy (non-hydrogen) atoms. The van der Waals surface area contributed by atoms with Gasteiger partial charge in [-0.25, -0.2) is 0 Å². The SMILES string of the molecule is CCN1CC2CCC(C1)N2C1CC1. The van der Waals surface area contributed by atoms with Gasteiger partial charge in [0.2, 0.25) is 0 Å². The lowest BCUT2D eigenvalue weighted by Crippen LogP contribution is -2.54. The van der Waals surface area contributed by atoms with Crippen molar-refractivity contribution in [1.82, 2.24) is 9.80 Å². The van der Waals surface area contributed by atoms with Crippen molar-refractivity contribution in [2.45, 2.75) is 50.7 Å². The Labute approximate surface area is 80.9 Å². The van der Waals surface area contributed by atoms with Crippen LogP contribution in [0.3, 0.4) is 0 Å². The van der Waals surface area contributed by atoms with E-state index in [0.29, 0.717) is 0 Å². The Morgan fingerprint density at radius 1 is 0.923 bits per heavy atom. The van der Waals surface area contributed by atoms with Gasteiger partial charge in [0.05, 0.1) is 0 Å². The number of likely N-dealkylation sites (tertiary alicyclic amines) is 1. The van der Waals surface area contributed by atoms with Gasteiger partial charge in [-0.05, 0) is 32.2 Å². The first-order valence-electron chi connectivity index (χ1n) is 5.88. The molecule has 0 aromatic carbocycles. The van der Waals surface area contributed by atoms with Crippen molar-refractivity contribution in [3.05, 3.63) is 0 Å². The molecule has 0 amide bonds. The van der Waals surface area contributed by atoms with Crippen LogP contribution in [0.2, 0.25) is 0 Å². The number of nitrogens with zero attached hydrogens (tertiary/aromatic N) is 2. The van der Waals surface area contributed by atoms with Crippen LogP contribution in [0.15, 0.2) is 0 Å². The van der Waals surface area contributed by atoms with Gasteiger partial charge in [-0.15, -0.1) is 0 Å². The quantitative estimate of drug-likeness (QED) is 0.632. The highest BCUT2D eigenvalue weighted by Crippen LogP contribution is 2.39. The van der Waals surface area contributed by atoms with E-state index in [1.54, 1.807) is 0 Å². The first-order chi connectivity index (χ1) is 6.38. The van der Waals surface area contributed by atoms with E-state index < -0.39 is 0 Å². The van der Waals surface area contributed by atoms with E-state index in [4.69, 9.17) is 0 Å². The van der Waals surface area contributed by atoms with E-state index in [1.165, 1.54) is 45.3 Å². The fraction of sp³-hybridized carbons (Fsp3) is 1.00. The highest BCUT2D eigenvalue weighted by atomic mass is 15.3. The zero-order chi connectivity index (χ0) is 8.84. The molecule has 0 N–H and O–H groups in total. The molecule has 2 bridgehead atoms. The first-order valence-corrected chi connectivity index (χ1v) is 5.88. The number of likely N-dealkylation sites (N-methyl/N-ethyl adjacent to an activating group) is 1. The average molecular weight is 180 g/mol. The molecule has 1 saturated carbocycles. The second-order valence-electron chi connectivity index (χ2n) is 4.92. The fourth-order valence-corrected chi connectivity index (χ4v) is 3.25. The summed E-state index contributed by atoms with van der Waals surface area (Å²) in [4.78, 5) is 5.49. The highest BCUT2D eigenvalue weighted by Gasteiger charge is 2.45. The van der Waals surface area contributed by atoms with Crippen LogP contribution in [-0.4, -0.2) is 47.6 Å². The Bertz CT molecular complexity index is 186. The molecule has 2 aliphatic heterocycles. The standard InChI is InChI=1S/C11H20N2/c1-2-12-7-10-5-6-11(8-12)13(10)9-3-4-9/h9-11H,2-8H2,1H3. The van der Waals surface area contributed by atoms with Gasteiger partial charge in [0.15, 0.2) is 0 Å². The maximum atomic E-state index is 2.85. The molecule has 3 aliphatic rings. The minimum absolute atomic E-state index is 0.922. The molecule has 0 spiro atoms. The van der Waals surface area contributed by atoms with E-state index >= 15 is 0 Å². The Morgan fingerprint density at radius 3 is 1.92 bits per heavy atom. The molecule has 1 aliphatic carbocycles. The summed E-state index contributed by atoms with van der Waals surface area (Å²) < 4.78 is 0. The number of piperazine rings is 1. The van der Waals surface area contributed by atoms with Gasteiger partial charge in [0.25, 0.3) is 0 Å². The van der Waals surface area contributed by atoms with E-state index in [-0.39, 0.29) is 0 Å². The van der Waals surface area contributed by atoms with Crippen LogP contribution in [0.1, 0.15) is 32.6 Å². The molecule has 2 heteroatoms. The van der Waals surface area contributed by atoms with Crippen LogP contribution in [0, 0.1) is 0 Å². The molecule has 2 heterocycles. The lowest BCUT2D eigenvalue weighted by Gasteiger charge is -2.40. The second-order valence-corrected chi connectivity index (χ2v) is 4.92. The van der Waals surface area contributed by atoms with Crippen molar-refractivity contribution in [2.24, 2.45) is 0 Å². The van der Waals surface area contributed by atoms with E-state index in [0.717, 1.165) is 18.1 Å². The van der Waals surface area contributed by atoms with Gasteiger partial charge in [0, 0.05) is 31.2 Å². The van der Waals surface area contributed by atoms with Crippen molar-refractivity contribution in [3.63, 3.8) is 0 Å². The number of rotatable bonds is 2. The summed E-state index contributed by atoms with van der Waals surface area (Å²) in [5.74, 6) is 0. The van der Waals surface area contributed by atoms with Gasteiger partial charge >= 0.3 is 0 Å². The smallest absolute Gasteiger partial charge is 0.0230 e. The molecule has 2 saturated heterocycles. The molecule has 3 fully saturated rings. The lowest BCUT2D eigenvalue weighted by atomic mass is 10.2. The molecular weight excluding hydrogens is 160 g/mol. The van der Waals surface area contributed by atoms with Crippen molar-refractivity contribution < 1.29 is 0 Å². The lowest BCUT2D eigenvalue weighted by molar-refractivity contribution is 0.0638. The molecule has 0 aromatic rings. The fourth-order valence-electron chi connectivity index (χ4n) is 3.25. The zero-order valence-corrected chi connectivity index (χ0v) is 8.58. The summed E-state index contributed by atoms with van der Waals surface area (Å²) in [6.07, 6.45) is 5.91. The van der Waals surface area contributed by atoms with Gasteiger partial charge < -0.3 is 4.90 Å². The maximum absolute atomic E-state index is 2.85. The van der Waals surface area contributed by atoms with Crippen LogP contribution >= 0.6 is 0 Å². The van der Waals surface area contributed by atoms with Gasteiger partial charge in [-0.2, -0.15) is 0 Å². The Morgan fingerprint density at radius 2 is 1.46 bits per heavy atom. The molecule has 3 rings (SSSR count). The third-order valence-corrected chi connectivity index (χ3v) is 4.03. The largest absolute Gasteiger partial charge is 0.301 e. The number of fused-ring (bicyclic) bond motifs is 2. The number of hydrogen-bond acceptors (Lipinski definition) is 2. The molecule has 0 radical (unpaired) electrons. The first kappa shape index (κ1) is 8.25. The second kappa shape index (κ2) is 2.96. The maximum Gasteiger partial charge on any atom is 0.0230 e. The summed E-state index contributed by atoms with van der Waals surface area (Å²) in [6, 6.07) is 2.84. The molecule has 2 atom stereocenters. The van der Waals surface area contributed by atoms with Crippen LogP contribution in [0.5, 0.6) is 0 Å². The number of hydrogen-bond donors (Lipinski definition) is 0.